The van der Waals surface area contributed by atoms with E-state index in [1.54, 1.807) is 6.20 Å². The topological polar surface area (TPSA) is 95.6 Å². The van der Waals surface area contributed by atoms with E-state index >= 15 is 0 Å². The van der Waals surface area contributed by atoms with Crippen molar-refractivity contribution in [3.63, 3.8) is 0 Å². The number of carboxylic acids is 1. The highest BCUT2D eigenvalue weighted by atomic mass is 16.5. The molecule has 2 aromatic heterocycles. The van der Waals surface area contributed by atoms with E-state index in [4.69, 9.17) is 4.52 Å². The fourth-order valence-corrected chi connectivity index (χ4v) is 5.00. The predicted octanol–water partition coefficient (Wildman–Crippen LogP) is 4.19. The summed E-state index contributed by atoms with van der Waals surface area (Å²) in [5, 5.41) is 13.7. The standard InChI is InChI=1S/C24H35N5O3/c1-28-13-15-29(16-14-28)23-20(11-6-12-25-23)22-26-24(32-27-22)19(17-21(30)31)10-5-9-18-7-3-2-4-8-18/h6,11-12,18-19H,2-5,7-10,13-17H2,1H3,(H,30,31)/t19-/m1/s1. The van der Waals surface area contributed by atoms with Gasteiger partial charge in [-0.15, -0.1) is 0 Å². The quantitative estimate of drug-likeness (QED) is 0.619. The number of nitrogens with zero attached hydrogens (tertiary/aromatic N) is 5. The molecule has 4 rings (SSSR count). The molecule has 2 fully saturated rings. The highest BCUT2D eigenvalue weighted by Gasteiger charge is 2.26. The molecular weight excluding hydrogens is 406 g/mol. The smallest absolute Gasteiger partial charge is 0.304 e. The summed E-state index contributed by atoms with van der Waals surface area (Å²) in [7, 11) is 2.12. The van der Waals surface area contributed by atoms with Gasteiger partial charge in [-0.05, 0) is 31.5 Å². The second-order valence-electron chi connectivity index (χ2n) is 9.35. The number of hydrogen-bond acceptors (Lipinski definition) is 7. The Morgan fingerprint density at radius 3 is 2.75 bits per heavy atom. The molecule has 1 saturated carbocycles. The molecule has 2 aliphatic rings. The van der Waals surface area contributed by atoms with Crippen LogP contribution in [-0.4, -0.2) is 64.3 Å². The monoisotopic (exact) mass is 441 g/mol. The van der Waals surface area contributed by atoms with Crippen molar-refractivity contribution in [3.8, 4) is 11.4 Å². The third-order valence-electron chi connectivity index (χ3n) is 6.93. The molecule has 1 aliphatic carbocycles. The van der Waals surface area contributed by atoms with Crippen molar-refractivity contribution in [3.05, 3.63) is 24.2 Å². The van der Waals surface area contributed by atoms with Crippen molar-refractivity contribution in [1.29, 1.82) is 0 Å². The van der Waals surface area contributed by atoms with Gasteiger partial charge in [0, 0.05) is 38.3 Å². The van der Waals surface area contributed by atoms with Crippen molar-refractivity contribution >= 4 is 11.8 Å². The molecule has 1 aliphatic heterocycles. The van der Waals surface area contributed by atoms with Crippen molar-refractivity contribution in [2.75, 3.05) is 38.1 Å². The number of piperazine rings is 1. The number of anilines is 1. The second kappa shape index (κ2) is 10.9. The fourth-order valence-electron chi connectivity index (χ4n) is 5.00. The largest absolute Gasteiger partial charge is 0.481 e. The van der Waals surface area contributed by atoms with Gasteiger partial charge in [0.15, 0.2) is 0 Å². The van der Waals surface area contributed by atoms with Gasteiger partial charge in [0.2, 0.25) is 11.7 Å². The van der Waals surface area contributed by atoms with E-state index in [9.17, 15) is 9.90 Å². The molecule has 0 amide bonds. The molecule has 2 aromatic rings. The van der Waals surface area contributed by atoms with Crippen LogP contribution in [0.4, 0.5) is 5.82 Å². The number of rotatable bonds is 9. The molecule has 174 valence electrons. The minimum atomic E-state index is -0.827. The summed E-state index contributed by atoms with van der Waals surface area (Å²) in [4.78, 5) is 25.3. The van der Waals surface area contributed by atoms with Crippen molar-refractivity contribution in [2.45, 2.75) is 63.7 Å². The van der Waals surface area contributed by atoms with Gasteiger partial charge in [-0.2, -0.15) is 4.98 Å². The van der Waals surface area contributed by atoms with Crippen LogP contribution in [0.3, 0.4) is 0 Å². The molecule has 8 heteroatoms. The van der Waals surface area contributed by atoms with E-state index in [2.05, 4.69) is 32.0 Å². The van der Waals surface area contributed by atoms with E-state index in [-0.39, 0.29) is 12.3 Å². The maximum absolute atomic E-state index is 11.5. The normalized spacial score (nSPS) is 19.2. The van der Waals surface area contributed by atoms with Gasteiger partial charge < -0.3 is 19.4 Å². The molecule has 8 nitrogen and oxygen atoms in total. The Labute approximate surface area is 190 Å². The lowest BCUT2D eigenvalue weighted by Crippen LogP contribution is -2.45. The zero-order chi connectivity index (χ0) is 22.3. The Morgan fingerprint density at radius 2 is 2.00 bits per heavy atom. The molecule has 1 saturated heterocycles. The molecule has 0 aromatic carbocycles. The van der Waals surface area contributed by atoms with Crippen molar-refractivity contribution < 1.29 is 14.4 Å². The summed E-state index contributed by atoms with van der Waals surface area (Å²) in [6.07, 6.45) is 11.4. The van der Waals surface area contributed by atoms with Crippen molar-refractivity contribution in [1.82, 2.24) is 20.0 Å². The first-order valence-electron chi connectivity index (χ1n) is 12.0. The summed E-state index contributed by atoms with van der Waals surface area (Å²) >= 11 is 0. The SMILES string of the molecule is CN1CCN(c2ncccc2-c2noc([C@H](CCCC3CCCCC3)CC(=O)O)n2)CC1. The van der Waals surface area contributed by atoms with E-state index in [0.717, 1.165) is 62.7 Å². The Kier molecular flexibility index (Phi) is 7.73. The molecule has 1 N–H and O–H groups in total. The van der Waals surface area contributed by atoms with Crippen LogP contribution in [0.5, 0.6) is 0 Å². The Hall–Kier alpha value is -2.48. The Bertz CT molecular complexity index is 872. The summed E-state index contributed by atoms with van der Waals surface area (Å²) in [6, 6.07) is 3.84. The molecule has 0 spiro atoms. The average Bonchev–Trinajstić information content (AvgIpc) is 3.30. The van der Waals surface area contributed by atoms with E-state index in [1.165, 1.54) is 32.1 Å². The Morgan fingerprint density at radius 1 is 1.22 bits per heavy atom. The Balaban J connectivity index is 1.46. The number of likely N-dealkylation sites (N-methyl/N-ethyl adjacent to an activating group) is 1. The van der Waals surface area contributed by atoms with Gasteiger partial charge in [-0.3, -0.25) is 4.79 Å². The van der Waals surface area contributed by atoms with Crippen LogP contribution in [0, 0.1) is 5.92 Å². The number of carbonyl (C=O) groups is 1. The maximum Gasteiger partial charge on any atom is 0.304 e. The van der Waals surface area contributed by atoms with E-state index < -0.39 is 5.97 Å². The zero-order valence-corrected chi connectivity index (χ0v) is 19.1. The van der Waals surface area contributed by atoms with Gasteiger partial charge >= 0.3 is 5.97 Å². The summed E-state index contributed by atoms with van der Waals surface area (Å²) < 4.78 is 5.61. The second-order valence-corrected chi connectivity index (χ2v) is 9.35. The summed E-state index contributed by atoms with van der Waals surface area (Å²) in [5.41, 5.74) is 0.836. The molecule has 1 atom stereocenters. The fraction of sp³-hybridized carbons (Fsp3) is 0.667. The summed E-state index contributed by atoms with van der Waals surface area (Å²) in [5.74, 6) is 1.49. The van der Waals surface area contributed by atoms with Gasteiger partial charge in [0.25, 0.3) is 0 Å². The molecule has 32 heavy (non-hydrogen) atoms. The first-order chi connectivity index (χ1) is 15.6. The van der Waals surface area contributed by atoms with Gasteiger partial charge in [-0.1, -0.05) is 50.1 Å². The molecule has 3 heterocycles. The molecule has 0 radical (unpaired) electrons. The number of aliphatic carboxylic acids is 1. The van der Waals surface area contributed by atoms with Crippen LogP contribution in [0.1, 0.15) is 69.6 Å². The average molecular weight is 442 g/mol. The van der Waals surface area contributed by atoms with Crippen LogP contribution >= 0.6 is 0 Å². The zero-order valence-electron chi connectivity index (χ0n) is 19.1. The number of pyridine rings is 1. The van der Waals surface area contributed by atoms with Gasteiger partial charge in [0.1, 0.15) is 5.82 Å². The van der Waals surface area contributed by atoms with Crippen LogP contribution in [-0.2, 0) is 4.79 Å². The van der Waals surface area contributed by atoms with Crippen molar-refractivity contribution in [2.24, 2.45) is 5.92 Å². The van der Waals surface area contributed by atoms with Crippen LogP contribution in [0.15, 0.2) is 22.9 Å². The number of carboxylic acid groups (broad SMARTS) is 1. The first kappa shape index (κ1) is 22.7. The van der Waals surface area contributed by atoms with E-state index in [1.807, 2.05) is 12.1 Å². The van der Waals surface area contributed by atoms with Crippen LogP contribution < -0.4 is 4.90 Å². The molecular formula is C24H35N5O3. The highest BCUT2D eigenvalue weighted by Crippen LogP contribution is 2.33. The molecule has 0 bridgehead atoms. The molecule has 0 unspecified atom stereocenters. The number of hydrogen-bond donors (Lipinski definition) is 1. The highest BCUT2D eigenvalue weighted by molar-refractivity contribution is 5.71. The van der Waals surface area contributed by atoms with Gasteiger partial charge in [0.05, 0.1) is 12.0 Å². The first-order valence-corrected chi connectivity index (χ1v) is 12.0. The lowest BCUT2D eigenvalue weighted by molar-refractivity contribution is -0.137. The van der Waals surface area contributed by atoms with E-state index in [0.29, 0.717) is 11.7 Å². The van der Waals surface area contributed by atoms with Crippen LogP contribution in [0.25, 0.3) is 11.4 Å². The predicted molar refractivity (Wildman–Crippen MR) is 123 cm³/mol. The maximum atomic E-state index is 11.5. The third kappa shape index (κ3) is 5.85. The summed E-state index contributed by atoms with van der Waals surface area (Å²) in [6.45, 7) is 3.76. The third-order valence-corrected chi connectivity index (χ3v) is 6.93. The lowest BCUT2D eigenvalue weighted by atomic mass is 9.84. The number of aromatic nitrogens is 3. The minimum Gasteiger partial charge on any atom is -0.481 e. The lowest BCUT2D eigenvalue weighted by Gasteiger charge is -2.33. The minimum absolute atomic E-state index is 0.0185. The van der Waals surface area contributed by atoms with Crippen LogP contribution in [0.2, 0.25) is 0 Å². The van der Waals surface area contributed by atoms with Gasteiger partial charge in [-0.25, -0.2) is 4.98 Å².